The number of hydrogen-bond donors (Lipinski definition) is 2. The SMILES string of the molecule is CC(C(=O)O)C1CC(NC(=O)OC(C)(C)C)C1. The molecule has 17 heavy (non-hydrogen) atoms. The van der Waals surface area contributed by atoms with Crippen molar-refractivity contribution >= 4 is 12.1 Å². The van der Waals surface area contributed by atoms with Gasteiger partial charge in [0.05, 0.1) is 5.92 Å². The minimum absolute atomic E-state index is 0.0525. The second kappa shape index (κ2) is 4.94. The Morgan fingerprint density at radius 3 is 2.29 bits per heavy atom. The number of hydrogen-bond acceptors (Lipinski definition) is 3. The number of nitrogens with one attached hydrogen (secondary N) is 1. The Hall–Kier alpha value is -1.26. The summed E-state index contributed by atoms with van der Waals surface area (Å²) in [5.41, 5.74) is -0.498. The smallest absolute Gasteiger partial charge is 0.407 e. The van der Waals surface area contributed by atoms with Crippen molar-refractivity contribution in [2.45, 2.75) is 52.2 Å². The number of carboxylic acids is 1. The molecule has 0 aromatic carbocycles. The van der Waals surface area contributed by atoms with Gasteiger partial charge in [-0.05, 0) is 39.5 Å². The molecule has 0 aromatic rings. The van der Waals surface area contributed by atoms with Crippen molar-refractivity contribution in [1.82, 2.24) is 5.32 Å². The monoisotopic (exact) mass is 243 g/mol. The summed E-state index contributed by atoms with van der Waals surface area (Å²) in [6, 6.07) is 0.0525. The lowest BCUT2D eigenvalue weighted by Crippen LogP contribution is -2.48. The van der Waals surface area contributed by atoms with Crippen LogP contribution in [0.4, 0.5) is 4.79 Å². The second-order valence-corrected chi connectivity index (χ2v) is 5.70. The molecule has 2 N–H and O–H groups in total. The van der Waals surface area contributed by atoms with Crippen molar-refractivity contribution in [3.05, 3.63) is 0 Å². The molecule has 1 fully saturated rings. The van der Waals surface area contributed by atoms with E-state index < -0.39 is 17.7 Å². The molecule has 5 nitrogen and oxygen atoms in total. The summed E-state index contributed by atoms with van der Waals surface area (Å²) in [7, 11) is 0. The molecule has 1 rings (SSSR count). The Labute approximate surface area is 102 Å². The van der Waals surface area contributed by atoms with E-state index in [2.05, 4.69) is 5.32 Å². The van der Waals surface area contributed by atoms with Crippen molar-refractivity contribution < 1.29 is 19.4 Å². The van der Waals surface area contributed by atoms with Gasteiger partial charge in [-0.15, -0.1) is 0 Å². The third kappa shape index (κ3) is 4.24. The van der Waals surface area contributed by atoms with Crippen LogP contribution in [0.25, 0.3) is 0 Å². The van der Waals surface area contributed by atoms with Crippen LogP contribution >= 0.6 is 0 Å². The molecule has 5 heteroatoms. The molecule has 1 amide bonds. The molecule has 1 saturated carbocycles. The van der Waals surface area contributed by atoms with Gasteiger partial charge >= 0.3 is 12.1 Å². The predicted molar refractivity (Wildman–Crippen MR) is 62.7 cm³/mol. The molecule has 98 valence electrons. The molecule has 0 saturated heterocycles. The van der Waals surface area contributed by atoms with E-state index in [9.17, 15) is 9.59 Å². The molecule has 0 aromatic heterocycles. The normalized spacial score (nSPS) is 25.6. The second-order valence-electron chi connectivity index (χ2n) is 5.70. The minimum Gasteiger partial charge on any atom is -0.481 e. The topological polar surface area (TPSA) is 75.6 Å². The zero-order chi connectivity index (χ0) is 13.2. The lowest BCUT2D eigenvalue weighted by Gasteiger charge is -2.38. The molecule has 1 aliphatic carbocycles. The van der Waals surface area contributed by atoms with E-state index in [1.807, 2.05) is 20.8 Å². The molecule has 0 bridgehead atoms. The molecule has 1 unspecified atom stereocenters. The van der Waals surface area contributed by atoms with Crippen LogP contribution in [0.2, 0.25) is 0 Å². The van der Waals surface area contributed by atoms with Gasteiger partial charge in [-0.25, -0.2) is 4.79 Å². The fourth-order valence-electron chi connectivity index (χ4n) is 1.86. The number of carbonyl (C=O) groups excluding carboxylic acids is 1. The van der Waals surface area contributed by atoms with Crippen LogP contribution in [0.3, 0.4) is 0 Å². The van der Waals surface area contributed by atoms with E-state index in [4.69, 9.17) is 9.84 Å². The lowest BCUT2D eigenvalue weighted by atomic mass is 9.73. The molecule has 0 heterocycles. The summed E-state index contributed by atoms with van der Waals surface area (Å²) in [6.45, 7) is 7.13. The van der Waals surface area contributed by atoms with Crippen LogP contribution in [-0.4, -0.2) is 28.8 Å². The number of carboxylic acid groups (broad SMARTS) is 1. The van der Waals surface area contributed by atoms with Crippen molar-refractivity contribution in [2.24, 2.45) is 11.8 Å². The Bertz CT molecular complexity index is 302. The number of carbonyl (C=O) groups is 2. The maximum absolute atomic E-state index is 11.4. The Kier molecular flexibility index (Phi) is 4.01. The van der Waals surface area contributed by atoms with Gasteiger partial charge in [-0.3, -0.25) is 4.79 Å². The average Bonchev–Trinajstić information content (AvgIpc) is 2.06. The van der Waals surface area contributed by atoms with Gasteiger partial charge in [-0.2, -0.15) is 0 Å². The number of rotatable bonds is 3. The summed E-state index contributed by atoms with van der Waals surface area (Å²) in [5, 5.41) is 11.6. The van der Waals surface area contributed by atoms with Gasteiger partial charge in [0, 0.05) is 6.04 Å². The third-order valence-electron chi connectivity index (χ3n) is 2.99. The van der Waals surface area contributed by atoms with Crippen molar-refractivity contribution in [2.75, 3.05) is 0 Å². The minimum atomic E-state index is -0.772. The van der Waals surface area contributed by atoms with Crippen LogP contribution in [0.15, 0.2) is 0 Å². The van der Waals surface area contributed by atoms with Crippen LogP contribution < -0.4 is 5.32 Å². The summed E-state index contributed by atoms with van der Waals surface area (Å²) in [6.07, 6.45) is 1.00. The maximum atomic E-state index is 11.4. The van der Waals surface area contributed by atoms with E-state index in [1.165, 1.54) is 0 Å². The molecule has 0 aliphatic heterocycles. The van der Waals surface area contributed by atoms with Crippen molar-refractivity contribution in [1.29, 1.82) is 0 Å². The molecular weight excluding hydrogens is 222 g/mol. The van der Waals surface area contributed by atoms with E-state index in [0.717, 1.165) is 0 Å². The molecule has 0 radical (unpaired) electrons. The number of ether oxygens (including phenoxy) is 1. The van der Waals surface area contributed by atoms with Gasteiger partial charge in [0.1, 0.15) is 5.60 Å². The number of alkyl carbamates (subject to hydrolysis) is 1. The van der Waals surface area contributed by atoms with Crippen LogP contribution in [0.1, 0.15) is 40.5 Å². The summed E-state index contributed by atoms with van der Waals surface area (Å²) in [5.74, 6) is -0.954. The van der Waals surface area contributed by atoms with Crippen molar-refractivity contribution in [3.63, 3.8) is 0 Å². The van der Waals surface area contributed by atoms with E-state index in [1.54, 1.807) is 6.92 Å². The highest BCUT2D eigenvalue weighted by atomic mass is 16.6. The highest BCUT2D eigenvalue weighted by Gasteiger charge is 2.37. The lowest BCUT2D eigenvalue weighted by molar-refractivity contribution is -0.144. The van der Waals surface area contributed by atoms with Crippen LogP contribution in [0, 0.1) is 11.8 Å². The summed E-state index contributed by atoms with van der Waals surface area (Å²) < 4.78 is 5.12. The largest absolute Gasteiger partial charge is 0.481 e. The third-order valence-corrected chi connectivity index (χ3v) is 2.99. The predicted octanol–water partition coefficient (Wildman–Crippen LogP) is 2.01. The first-order valence-corrected chi connectivity index (χ1v) is 5.91. The van der Waals surface area contributed by atoms with Gasteiger partial charge < -0.3 is 15.2 Å². The first-order valence-electron chi connectivity index (χ1n) is 5.91. The first-order chi connectivity index (χ1) is 7.69. The van der Waals surface area contributed by atoms with Crippen molar-refractivity contribution in [3.8, 4) is 0 Å². The highest BCUT2D eigenvalue weighted by molar-refractivity contribution is 5.70. The molecule has 1 atom stereocenters. The van der Waals surface area contributed by atoms with Crippen LogP contribution in [0.5, 0.6) is 0 Å². The summed E-state index contributed by atoms with van der Waals surface area (Å²) >= 11 is 0. The number of aliphatic carboxylic acids is 1. The van der Waals surface area contributed by atoms with E-state index in [0.29, 0.717) is 12.8 Å². The quantitative estimate of drug-likeness (QED) is 0.795. The van der Waals surface area contributed by atoms with Gasteiger partial charge in [0.15, 0.2) is 0 Å². The van der Waals surface area contributed by atoms with E-state index in [-0.39, 0.29) is 17.9 Å². The molecular formula is C12H21NO4. The van der Waals surface area contributed by atoms with Gasteiger partial charge in [-0.1, -0.05) is 6.92 Å². The summed E-state index contributed by atoms with van der Waals surface area (Å²) in [4.78, 5) is 22.2. The van der Waals surface area contributed by atoms with Crippen LogP contribution in [-0.2, 0) is 9.53 Å². The zero-order valence-corrected chi connectivity index (χ0v) is 10.8. The number of amides is 1. The first kappa shape index (κ1) is 13.8. The molecule has 1 aliphatic rings. The highest BCUT2D eigenvalue weighted by Crippen LogP contribution is 2.34. The average molecular weight is 243 g/mol. The Balaban J connectivity index is 2.26. The maximum Gasteiger partial charge on any atom is 0.407 e. The Morgan fingerprint density at radius 1 is 1.35 bits per heavy atom. The standard InChI is InChI=1S/C12H21NO4/c1-7(10(14)15)8-5-9(6-8)13-11(16)17-12(2,3)4/h7-9H,5-6H2,1-4H3,(H,13,16)(H,14,15). The van der Waals surface area contributed by atoms with E-state index >= 15 is 0 Å². The zero-order valence-electron chi connectivity index (χ0n) is 10.8. The molecule has 0 spiro atoms. The Morgan fingerprint density at radius 2 is 1.88 bits per heavy atom. The fourth-order valence-corrected chi connectivity index (χ4v) is 1.86. The fraction of sp³-hybridized carbons (Fsp3) is 0.833. The van der Waals surface area contributed by atoms with Gasteiger partial charge in [0.2, 0.25) is 0 Å². The van der Waals surface area contributed by atoms with Gasteiger partial charge in [0.25, 0.3) is 0 Å².